The zero-order valence-electron chi connectivity index (χ0n) is 7.03. The van der Waals surface area contributed by atoms with E-state index in [1.54, 1.807) is 4.08 Å². The fourth-order valence-corrected chi connectivity index (χ4v) is 1.23. The van der Waals surface area contributed by atoms with Crippen molar-refractivity contribution >= 4 is 28.5 Å². The van der Waals surface area contributed by atoms with Gasteiger partial charge in [-0.1, -0.05) is 52.9 Å². The van der Waals surface area contributed by atoms with Crippen LogP contribution in [-0.2, 0) is 11.3 Å². The van der Waals surface area contributed by atoms with Crippen LogP contribution in [0.15, 0.2) is 40.5 Å². The zero-order chi connectivity index (χ0) is 9.52. The minimum absolute atomic E-state index is 0.0572. The van der Waals surface area contributed by atoms with Gasteiger partial charge in [0.05, 0.1) is 0 Å². The summed E-state index contributed by atoms with van der Waals surface area (Å²) in [6.07, 6.45) is 1.50. The molecule has 0 heterocycles. The summed E-state index contributed by atoms with van der Waals surface area (Å²) < 4.78 is 1.69. The van der Waals surface area contributed by atoms with Crippen LogP contribution in [0.3, 0.4) is 0 Å². The number of carbonyl (C=O) groups is 1. The van der Waals surface area contributed by atoms with E-state index in [0.717, 1.165) is 5.56 Å². The third-order valence-corrected chi connectivity index (χ3v) is 1.88. The number of hydrogen-bond acceptors (Lipinski definition) is 1. The molecule has 68 valence electrons. The molecule has 1 aromatic carbocycles. The molecule has 1 amide bonds. The van der Waals surface area contributed by atoms with E-state index in [1.807, 2.05) is 52.9 Å². The number of hydrogen-bond donors (Lipinski definition) is 1. The van der Waals surface area contributed by atoms with Gasteiger partial charge in [-0.25, -0.2) is 0 Å². The Balaban J connectivity index is 2.40. The Kier molecular flexibility index (Phi) is 4.53. The summed E-state index contributed by atoms with van der Waals surface area (Å²) >= 11 is 2.02. The Hall–Kier alpha value is -0.840. The second-order valence-electron chi connectivity index (χ2n) is 2.50. The van der Waals surface area contributed by atoms with Gasteiger partial charge in [0, 0.05) is 12.6 Å². The van der Waals surface area contributed by atoms with E-state index in [0.29, 0.717) is 6.54 Å². The predicted octanol–water partition coefficient (Wildman–Crippen LogP) is 2.25. The molecular weight excluding hydrogens is 277 g/mol. The fourth-order valence-electron chi connectivity index (χ4n) is 0.901. The predicted molar refractivity (Wildman–Crippen MR) is 61.4 cm³/mol. The average Bonchev–Trinajstić information content (AvgIpc) is 2.17. The van der Waals surface area contributed by atoms with Crippen molar-refractivity contribution < 1.29 is 4.79 Å². The van der Waals surface area contributed by atoms with Crippen molar-refractivity contribution in [1.29, 1.82) is 0 Å². The van der Waals surface area contributed by atoms with Gasteiger partial charge in [-0.15, -0.1) is 0 Å². The van der Waals surface area contributed by atoms with Crippen molar-refractivity contribution in [3.8, 4) is 0 Å². The monoisotopic (exact) mass is 287 g/mol. The number of benzene rings is 1. The number of carbonyl (C=O) groups excluding carboxylic acids is 1. The van der Waals surface area contributed by atoms with Crippen LogP contribution in [0.4, 0.5) is 0 Å². The summed E-state index contributed by atoms with van der Waals surface area (Å²) in [5.74, 6) is -0.0572. The summed E-state index contributed by atoms with van der Waals surface area (Å²) in [6, 6.07) is 9.82. The molecule has 0 aliphatic rings. The van der Waals surface area contributed by atoms with Crippen LogP contribution in [0.2, 0.25) is 0 Å². The summed E-state index contributed by atoms with van der Waals surface area (Å²) in [5, 5.41) is 2.77. The quantitative estimate of drug-likeness (QED) is 0.670. The van der Waals surface area contributed by atoms with Crippen LogP contribution < -0.4 is 5.32 Å². The number of amides is 1. The average molecular weight is 287 g/mol. The van der Waals surface area contributed by atoms with Crippen molar-refractivity contribution in [1.82, 2.24) is 5.32 Å². The first-order valence-corrected chi connectivity index (χ1v) is 5.16. The molecular formula is C10H10INO. The maximum atomic E-state index is 11.0. The van der Waals surface area contributed by atoms with Crippen molar-refractivity contribution in [2.24, 2.45) is 0 Å². The second-order valence-corrected chi connectivity index (χ2v) is 3.22. The van der Waals surface area contributed by atoms with Crippen molar-refractivity contribution in [3.05, 3.63) is 46.1 Å². The maximum absolute atomic E-state index is 11.0. The molecule has 0 aliphatic heterocycles. The highest BCUT2D eigenvalue weighted by molar-refractivity contribution is 14.1. The topological polar surface area (TPSA) is 29.1 Å². The van der Waals surface area contributed by atoms with Gasteiger partial charge in [0.15, 0.2) is 0 Å². The highest BCUT2D eigenvalue weighted by Gasteiger charge is 1.94. The Morgan fingerprint density at radius 1 is 1.38 bits per heavy atom. The molecule has 2 nitrogen and oxygen atoms in total. The van der Waals surface area contributed by atoms with E-state index in [-0.39, 0.29) is 5.91 Å². The van der Waals surface area contributed by atoms with Gasteiger partial charge in [-0.2, -0.15) is 0 Å². The Morgan fingerprint density at radius 2 is 2.08 bits per heavy atom. The molecule has 1 aromatic rings. The van der Waals surface area contributed by atoms with Crippen molar-refractivity contribution in [2.45, 2.75) is 6.54 Å². The molecule has 0 aliphatic carbocycles. The van der Waals surface area contributed by atoms with E-state index >= 15 is 0 Å². The third-order valence-electron chi connectivity index (χ3n) is 1.52. The van der Waals surface area contributed by atoms with Gasteiger partial charge >= 0.3 is 0 Å². The lowest BCUT2D eigenvalue weighted by Crippen LogP contribution is -2.19. The molecule has 3 heteroatoms. The SMILES string of the molecule is O=C(C=CI)NCc1ccccc1. The van der Waals surface area contributed by atoms with Gasteiger partial charge < -0.3 is 5.32 Å². The van der Waals surface area contributed by atoms with Crippen LogP contribution in [0.5, 0.6) is 0 Å². The van der Waals surface area contributed by atoms with Gasteiger partial charge in [0.1, 0.15) is 0 Å². The lowest BCUT2D eigenvalue weighted by molar-refractivity contribution is -0.116. The number of nitrogens with one attached hydrogen (secondary N) is 1. The summed E-state index contributed by atoms with van der Waals surface area (Å²) in [7, 11) is 0. The van der Waals surface area contributed by atoms with Crippen LogP contribution in [0.1, 0.15) is 5.56 Å². The molecule has 1 N–H and O–H groups in total. The Morgan fingerprint density at radius 3 is 2.69 bits per heavy atom. The Bertz CT molecular complexity index is 295. The summed E-state index contributed by atoms with van der Waals surface area (Å²) in [5.41, 5.74) is 1.11. The largest absolute Gasteiger partial charge is 0.348 e. The van der Waals surface area contributed by atoms with Gasteiger partial charge in [0.2, 0.25) is 5.91 Å². The van der Waals surface area contributed by atoms with Gasteiger partial charge in [-0.05, 0) is 9.65 Å². The smallest absolute Gasteiger partial charge is 0.244 e. The molecule has 0 aromatic heterocycles. The molecule has 0 spiro atoms. The molecule has 13 heavy (non-hydrogen) atoms. The van der Waals surface area contributed by atoms with E-state index in [2.05, 4.69) is 5.32 Å². The lowest BCUT2D eigenvalue weighted by Gasteiger charge is -2.00. The normalized spacial score (nSPS) is 10.2. The van der Waals surface area contributed by atoms with E-state index in [9.17, 15) is 4.79 Å². The molecule has 0 radical (unpaired) electrons. The maximum Gasteiger partial charge on any atom is 0.244 e. The summed E-state index contributed by atoms with van der Waals surface area (Å²) in [6.45, 7) is 0.584. The van der Waals surface area contributed by atoms with Crippen molar-refractivity contribution in [3.63, 3.8) is 0 Å². The third kappa shape index (κ3) is 4.07. The molecule has 0 bridgehead atoms. The molecule has 0 atom stereocenters. The molecule has 0 fully saturated rings. The minimum atomic E-state index is -0.0572. The van der Waals surface area contributed by atoms with Crippen LogP contribution in [-0.4, -0.2) is 5.91 Å². The lowest BCUT2D eigenvalue weighted by atomic mass is 10.2. The number of rotatable bonds is 3. The van der Waals surface area contributed by atoms with E-state index in [1.165, 1.54) is 6.08 Å². The first-order valence-electron chi connectivity index (χ1n) is 3.91. The van der Waals surface area contributed by atoms with Gasteiger partial charge in [0.25, 0.3) is 0 Å². The molecule has 1 rings (SSSR count). The second kappa shape index (κ2) is 5.75. The Labute approximate surface area is 91.2 Å². The molecule has 0 saturated carbocycles. The first-order chi connectivity index (χ1) is 6.33. The number of halogens is 1. The zero-order valence-corrected chi connectivity index (χ0v) is 9.19. The molecule has 0 unspecified atom stereocenters. The minimum Gasteiger partial charge on any atom is -0.348 e. The standard InChI is InChI=1S/C10H10INO/c11-7-6-10(13)12-8-9-4-2-1-3-5-9/h1-7H,8H2,(H,12,13). The highest BCUT2D eigenvalue weighted by atomic mass is 127. The fraction of sp³-hybridized carbons (Fsp3) is 0.100. The van der Waals surface area contributed by atoms with Crippen LogP contribution in [0.25, 0.3) is 0 Å². The first kappa shape index (κ1) is 10.2. The van der Waals surface area contributed by atoms with E-state index < -0.39 is 0 Å². The summed E-state index contributed by atoms with van der Waals surface area (Å²) in [4.78, 5) is 11.0. The van der Waals surface area contributed by atoms with E-state index in [4.69, 9.17) is 0 Å². The van der Waals surface area contributed by atoms with Gasteiger partial charge in [-0.3, -0.25) is 4.79 Å². The van der Waals surface area contributed by atoms with Crippen molar-refractivity contribution in [2.75, 3.05) is 0 Å². The van der Waals surface area contributed by atoms with Crippen LogP contribution in [0, 0.1) is 0 Å². The highest BCUT2D eigenvalue weighted by Crippen LogP contribution is 1.97. The van der Waals surface area contributed by atoms with Crippen LogP contribution >= 0.6 is 22.6 Å². The molecule has 0 saturated heterocycles.